The van der Waals surface area contributed by atoms with Crippen LogP contribution in [-0.4, -0.2) is 85.9 Å². The topological polar surface area (TPSA) is 164 Å². The smallest absolute Gasteiger partial charge is 0.418 e. The number of methoxy groups -OCH3 is 1. The average Bonchev–Trinajstić information content (AvgIpc) is 3.29. The molecule has 2 heterocycles. The van der Waals surface area contributed by atoms with Crippen molar-refractivity contribution in [3.05, 3.63) is 91.0 Å². The predicted molar refractivity (Wildman–Crippen MR) is 163 cm³/mol. The van der Waals surface area contributed by atoms with Crippen molar-refractivity contribution in [2.45, 2.75) is 18.5 Å². The van der Waals surface area contributed by atoms with E-state index < -0.39 is 54.9 Å². The summed E-state index contributed by atoms with van der Waals surface area (Å²) >= 11 is 0. The van der Waals surface area contributed by atoms with Crippen LogP contribution in [0.5, 0.6) is 0 Å². The molecule has 232 valence electrons. The summed E-state index contributed by atoms with van der Waals surface area (Å²) in [4.78, 5) is 41.1. The Hall–Kier alpha value is -4.36. The highest BCUT2D eigenvalue weighted by atomic mass is 32.3. The highest BCUT2D eigenvalue weighted by Crippen LogP contribution is 2.32. The van der Waals surface area contributed by atoms with Crippen molar-refractivity contribution in [1.29, 1.82) is 0 Å². The zero-order valence-electron chi connectivity index (χ0n) is 23.8. The number of esters is 1. The zero-order chi connectivity index (χ0) is 31.7. The molecule has 5 rings (SSSR count). The van der Waals surface area contributed by atoms with Crippen molar-refractivity contribution < 1.29 is 41.2 Å². The molecule has 0 aromatic heterocycles. The summed E-state index contributed by atoms with van der Waals surface area (Å²) in [5.74, 6) is -1.22. The predicted octanol–water partition coefficient (Wildman–Crippen LogP) is 1.34. The van der Waals surface area contributed by atoms with E-state index in [2.05, 4.69) is 110 Å². The SMILES string of the molecule is CNC(=O)CON=C1C[C@@H](C(=O)OC)N2C[C@@H]1N(OS(=O)(=O)O)C2=O.c1ccc(P(c2ccccc2)c2ccccc2)cc1. The molecule has 0 unspecified atom stereocenters. The van der Waals surface area contributed by atoms with Crippen molar-refractivity contribution in [1.82, 2.24) is 15.3 Å². The number of likely N-dealkylation sites (N-methyl/N-ethyl adjacent to an activating group) is 1. The Morgan fingerprint density at radius 1 is 0.955 bits per heavy atom. The van der Waals surface area contributed by atoms with Crippen LogP contribution < -0.4 is 21.2 Å². The number of fused-ring (bicyclic) bond motifs is 2. The monoisotopic (exact) mass is 642 g/mol. The molecule has 2 atom stereocenters. The number of hydrogen-bond acceptors (Lipinski definition) is 9. The lowest BCUT2D eigenvalue weighted by Gasteiger charge is -2.28. The normalized spacial score (nSPS) is 18.5. The highest BCUT2D eigenvalue weighted by Gasteiger charge is 2.53. The number of urea groups is 1. The molecule has 0 radical (unpaired) electrons. The third-order valence-electron chi connectivity index (χ3n) is 6.60. The number of nitrogens with zero attached hydrogens (tertiary/aromatic N) is 3. The quantitative estimate of drug-likeness (QED) is 0.152. The molecule has 44 heavy (non-hydrogen) atoms. The van der Waals surface area contributed by atoms with Gasteiger partial charge in [0.2, 0.25) is 0 Å². The first kappa shape index (κ1) is 32.6. The van der Waals surface area contributed by atoms with Crippen LogP contribution in [0.2, 0.25) is 0 Å². The van der Waals surface area contributed by atoms with E-state index in [0.29, 0.717) is 5.06 Å². The standard InChI is InChI=1S/C18H15P.C11H16N4O9S/c1-4-10-16(11-5-1)19(17-12-6-2-7-13-17)18-14-8-3-9-15-18;1-12-9(16)5-23-13-6-3-7(10(17)22-2)14-4-8(6)15(11(14)18)24-25(19,20)21/h1-15H;7-8H,3-5H2,1-2H3,(H,12,16)(H,19,20,21)/t;7-,8-/m.0/s1. The molecule has 3 amide bonds. The molecule has 13 nitrogen and oxygen atoms in total. The lowest BCUT2D eigenvalue weighted by Crippen LogP contribution is -2.49. The summed E-state index contributed by atoms with van der Waals surface area (Å²) in [7, 11) is -2.91. The third kappa shape index (κ3) is 8.17. The number of carbonyl (C=O) groups excluding carboxylic acids is 3. The number of rotatable bonds is 9. The van der Waals surface area contributed by atoms with Crippen molar-refractivity contribution >= 4 is 57.9 Å². The van der Waals surface area contributed by atoms with E-state index in [1.807, 2.05) is 0 Å². The van der Waals surface area contributed by atoms with Gasteiger partial charge in [-0.25, -0.2) is 9.59 Å². The second kappa shape index (κ2) is 14.9. The molecular formula is C29H31N4O9PS. The number of hydrogen-bond donors (Lipinski definition) is 2. The van der Waals surface area contributed by atoms with Crippen molar-refractivity contribution in [2.24, 2.45) is 5.16 Å². The van der Waals surface area contributed by atoms with Gasteiger partial charge in [-0.05, 0) is 23.8 Å². The summed E-state index contributed by atoms with van der Waals surface area (Å²) in [5, 5.41) is 10.6. The molecular weight excluding hydrogens is 611 g/mol. The van der Waals surface area contributed by atoms with Gasteiger partial charge in [0.25, 0.3) is 5.91 Å². The first-order valence-electron chi connectivity index (χ1n) is 13.3. The number of benzene rings is 3. The average molecular weight is 643 g/mol. The van der Waals surface area contributed by atoms with Gasteiger partial charge in [0.05, 0.1) is 19.4 Å². The summed E-state index contributed by atoms with van der Waals surface area (Å²) < 4.78 is 39.6. The van der Waals surface area contributed by atoms with Crippen LogP contribution in [0.1, 0.15) is 6.42 Å². The fraction of sp³-hybridized carbons (Fsp3) is 0.241. The number of piperidine rings is 1. The number of carbonyl (C=O) groups is 3. The molecule has 3 aromatic rings. The van der Waals surface area contributed by atoms with Crippen LogP contribution >= 0.6 is 7.92 Å². The summed E-state index contributed by atoms with van der Waals surface area (Å²) in [6.45, 7) is -0.567. The molecule has 2 saturated heterocycles. The molecule has 0 saturated carbocycles. The van der Waals surface area contributed by atoms with Crippen LogP contribution in [-0.2, 0) is 33.8 Å². The summed E-state index contributed by atoms with van der Waals surface area (Å²) in [6.07, 6.45) is -0.123. The van der Waals surface area contributed by atoms with Gasteiger partial charge in [-0.3, -0.25) is 9.35 Å². The minimum Gasteiger partial charge on any atom is -0.467 e. The Morgan fingerprint density at radius 2 is 1.45 bits per heavy atom. The van der Waals surface area contributed by atoms with Crippen LogP contribution in [0.25, 0.3) is 0 Å². The molecule has 0 spiro atoms. The number of hydroxylamine groups is 2. The minimum atomic E-state index is -4.98. The van der Waals surface area contributed by atoms with Crippen molar-refractivity contribution in [3.63, 3.8) is 0 Å². The van der Waals surface area contributed by atoms with E-state index in [9.17, 15) is 22.8 Å². The maximum absolute atomic E-state index is 12.3. The molecule has 3 aromatic carbocycles. The minimum absolute atomic E-state index is 0.0741. The Labute approximate surface area is 256 Å². The van der Waals surface area contributed by atoms with E-state index >= 15 is 0 Å². The van der Waals surface area contributed by atoms with Gasteiger partial charge in [-0.1, -0.05) is 96.2 Å². The van der Waals surface area contributed by atoms with Crippen LogP contribution in [0.15, 0.2) is 96.2 Å². The van der Waals surface area contributed by atoms with Gasteiger partial charge >= 0.3 is 22.4 Å². The van der Waals surface area contributed by atoms with E-state index in [-0.39, 0.29) is 18.7 Å². The fourth-order valence-corrected chi connectivity index (χ4v) is 7.27. The van der Waals surface area contributed by atoms with E-state index in [1.165, 1.54) is 23.0 Å². The molecule has 15 heteroatoms. The molecule has 0 aliphatic carbocycles. The molecule has 2 N–H and O–H groups in total. The van der Waals surface area contributed by atoms with Gasteiger partial charge in [-0.15, -0.1) is 4.28 Å². The van der Waals surface area contributed by atoms with E-state index in [0.717, 1.165) is 12.0 Å². The lowest BCUT2D eigenvalue weighted by molar-refractivity contribution is -0.145. The molecule has 2 aliphatic rings. The van der Waals surface area contributed by atoms with E-state index in [4.69, 9.17) is 9.39 Å². The molecule has 2 bridgehead atoms. The molecule has 2 fully saturated rings. The van der Waals surface area contributed by atoms with Gasteiger partial charge in [0.1, 0.15) is 12.1 Å². The Bertz CT molecular complexity index is 1480. The molecule has 2 aliphatic heterocycles. The Kier molecular flexibility index (Phi) is 11.0. The first-order valence-corrected chi connectivity index (χ1v) is 16.0. The van der Waals surface area contributed by atoms with Crippen LogP contribution in [0, 0.1) is 0 Å². The summed E-state index contributed by atoms with van der Waals surface area (Å²) in [5.41, 5.74) is 0.0741. The van der Waals surface area contributed by atoms with Gasteiger partial charge < -0.3 is 19.8 Å². The Morgan fingerprint density at radius 3 is 1.89 bits per heavy atom. The van der Waals surface area contributed by atoms with Crippen LogP contribution in [0.4, 0.5) is 4.79 Å². The number of ether oxygens (including phenoxy) is 1. The zero-order valence-corrected chi connectivity index (χ0v) is 25.6. The first-order chi connectivity index (χ1) is 21.1. The van der Waals surface area contributed by atoms with Gasteiger partial charge in [0, 0.05) is 13.5 Å². The number of amides is 3. The maximum Gasteiger partial charge on any atom is 0.418 e. The highest BCUT2D eigenvalue weighted by molar-refractivity contribution is 7.80. The number of oxime groups is 1. The van der Waals surface area contributed by atoms with Crippen molar-refractivity contribution in [3.8, 4) is 0 Å². The number of nitrogens with one attached hydrogen (secondary N) is 1. The Balaban J connectivity index is 0.000000208. The van der Waals surface area contributed by atoms with Crippen molar-refractivity contribution in [2.75, 3.05) is 27.3 Å². The largest absolute Gasteiger partial charge is 0.467 e. The van der Waals surface area contributed by atoms with Crippen LogP contribution in [0.3, 0.4) is 0 Å². The van der Waals surface area contributed by atoms with Gasteiger partial charge in [-0.2, -0.15) is 13.5 Å². The second-order valence-electron chi connectivity index (χ2n) is 9.39. The second-order valence-corrected chi connectivity index (χ2v) is 12.6. The maximum atomic E-state index is 12.3. The lowest BCUT2D eigenvalue weighted by atomic mass is 9.99. The fourth-order valence-electron chi connectivity index (χ4n) is 4.60. The van der Waals surface area contributed by atoms with Gasteiger partial charge in [0.15, 0.2) is 6.61 Å². The third-order valence-corrected chi connectivity index (χ3v) is 9.39. The summed E-state index contributed by atoms with van der Waals surface area (Å²) in [6, 6.07) is 29.3. The van der Waals surface area contributed by atoms with E-state index in [1.54, 1.807) is 0 Å².